The van der Waals surface area contributed by atoms with Crippen molar-refractivity contribution in [3.05, 3.63) is 60.0 Å². The summed E-state index contributed by atoms with van der Waals surface area (Å²) < 4.78 is 5.44. The monoisotopic (exact) mass is 325 g/mol. The molecule has 1 heterocycles. The molecule has 23 heavy (non-hydrogen) atoms. The Kier molecular flexibility index (Phi) is 4.54. The molecule has 1 aromatic heterocycles. The lowest BCUT2D eigenvalue weighted by Crippen LogP contribution is -2.20. The number of anilines is 2. The van der Waals surface area contributed by atoms with Crippen LogP contribution < -0.4 is 15.8 Å². The minimum atomic E-state index is -0.232. The quantitative estimate of drug-likeness (QED) is 0.753. The maximum absolute atomic E-state index is 12.1. The number of hydrogen-bond acceptors (Lipinski definition) is 5. The van der Waals surface area contributed by atoms with Gasteiger partial charge >= 0.3 is 0 Å². The van der Waals surface area contributed by atoms with Crippen molar-refractivity contribution in [3.63, 3.8) is 0 Å². The fourth-order valence-corrected chi connectivity index (χ4v) is 2.64. The van der Waals surface area contributed by atoms with Crippen molar-refractivity contribution in [2.24, 2.45) is 0 Å². The highest BCUT2D eigenvalue weighted by Crippen LogP contribution is 2.29. The van der Waals surface area contributed by atoms with E-state index >= 15 is 0 Å². The lowest BCUT2D eigenvalue weighted by Gasteiger charge is -2.10. The van der Waals surface area contributed by atoms with Crippen LogP contribution in [0.1, 0.15) is 0 Å². The summed E-state index contributed by atoms with van der Waals surface area (Å²) in [5.74, 6) is 0.424. The molecule has 0 atom stereocenters. The number of carbonyl (C=O) groups is 1. The number of aromatic nitrogens is 1. The van der Waals surface area contributed by atoms with E-state index in [0.717, 1.165) is 11.3 Å². The number of amides is 1. The van der Waals surface area contributed by atoms with Crippen molar-refractivity contribution in [1.29, 1.82) is 0 Å². The van der Waals surface area contributed by atoms with Crippen LogP contribution in [-0.4, -0.2) is 17.5 Å². The summed E-state index contributed by atoms with van der Waals surface area (Å²) in [5.41, 5.74) is 7.93. The molecule has 6 heteroatoms. The summed E-state index contributed by atoms with van der Waals surface area (Å²) in [7, 11) is 0. The number of benzene rings is 2. The molecule has 0 fully saturated rings. The first-order valence-corrected chi connectivity index (χ1v) is 7.88. The number of para-hydroxylation sites is 2. The number of thiazole rings is 1. The van der Waals surface area contributed by atoms with Crippen LogP contribution in [0.25, 0.3) is 11.3 Å². The summed E-state index contributed by atoms with van der Waals surface area (Å²) >= 11 is 1.36. The average molecular weight is 325 g/mol. The van der Waals surface area contributed by atoms with E-state index in [0.29, 0.717) is 16.6 Å². The Morgan fingerprint density at radius 2 is 1.87 bits per heavy atom. The third kappa shape index (κ3) is 3.87. The molecule has 1 amide bonds. The number of nitrogens with two attached hydrogens (primary N) is 1. The van der Waals surface area contributed by atoms with E-state index < -0.39 is 0 Å². The number of nitrogen functional groups attached to an aromatic ring is 1. The van der Waals surface area contributed by atoms with E-state index in [9.17, 15) is 4.79 Å². The number of rotatable bonds is 5. The predicted molar refractivity (Wildman–Crippen MR) is 92.5 cm³/mol. The standard InChI is InChI=1S/C17H15N3O2S/c18-17-20-15(11-23-17)13-8-4-5-9-14(13)19-16(21)10-22-12-6-2-1-3-7-12/h1-9,11H,10H2,(H2,18,20)(H,19,21). The van der Waals surface area contributed by atoms with Gasteiger partial charge in [0.2, 0.25) is 0 Å². The minimum absolute atomic E-state index is 0.0580. The van der Waals surface area contributed by atoms with Crippen LogP contribution in [-0.2, 0) is 4.79 Å². The summed E-state index contributed by atoms with van der Waals surface area (Å²) in [6.07, 6.45) is 0. The molecule has 0 saturated heterocycles. The molecule has 0 saturated carbocycles. The van der Waals surface area contributed by atoms with Crippen LogP contribution in [0.15, 0.2) is 60.0 Å². The number of nitrogens with zero attached hydrogens (tertiary/aromatic N) is 1. The minimum Gasteiger partial charge on any atom is -0.484 e. The second-order valence-corrected chi connectivity index (χ2v) is 5.66. The Balaban J connectivity index is 1.69. The summed E-state index contributed by atoms with van der Waals surface area (Å²) in [6, 6.07) is 16.7. The van der Waals surface area contributed by atoms with Gasteiger partial charge in [-0.15, -0.1) is 11.3 Å². The zero-order chi connectivity index (χ0) is 16.1. The highest BCUT2D eigenvalue weighted by molar-refractivity contribution is 7.13. The third-order valence-corrected chi connectivity index (χ3v) is 3.79. The van der Waals surface area contributed by atoms with E-state index in [2.05, 4.69) is 10.3 Å². The number of nitrogens with one attached hydrogen (secondary N) is 1. The van der Waals surface area contributed by atoms with E-state index in [1.165, 1.54) is 11.3 Å². The Bertz CT molecular complexity index is 802. The molecule has 3 aromatic rings. The van der Waals surface area contributed by atoms with Gasteiger partial charge in [0, 0.05) is 10.9 Å². The van der Waals surface area contributed by atoms with Crippen LogP contribution in [0, 0.1) is 0 Å². The normalized spacial score (nSPS) is 10.3. The topological polar surface area (TPSA) is 77.2 Å². The Hall–Kier alpha value is -2.86. The first-order valence-electron chi connectivity index (χ1n) is 7.00. The van der Waals surface area contributed by atoms with Crippen LogP contribution in [0.3, 0.4) is 0 Å². The lowest BCUT2D eigenvalue weighted by atomic mass is 10.1. The fraction of sp³-hybridized carbons (Fsp3) is 0.0588. The molecular weight excluding hydrogens is 310 g/mol. The Labute approximate surface area is 137 Å². The SMILES string of the molecule is Nc1nc(-c2ccccc2NC(=O)COc2ccccc2)cs1. The second-order valence-electron chi connectivity index (χ2n) is 4.77. The maximum Gasteiger partial charge on any atom is 0.262 e. The molecule has 3 rings (SSSR count). The Morgan fingerprint density at radius 3 is 2.61 bits per heavy atom. The van der Waals surface area contributed by atoms with Crippen molar-refractivity contribution in [2.75, 3.05) is 17.7 Å². The molecule has 0 unspecified atom stereocenters. The molecule has 2 aromatic carbocycles. The third-order valence-electron chi connectivity index (χ3n) is 3.11. The molecule has 0 radical (unpaired) electrons. The van der Waals surface area contributed by atoms with E-state index in [1.54, 1.807) is 12.1 Å². The molecule has 0 aliphatic heterocycles. The largest absolute Gasteiger partial charge is 0.484 e. The van der Waals surface area contributed by atoms with Crippen molar-refractivity contribution >= 4 is 28.1 Å². The van der Waals surface area contributed by atoms with Gasteiger partial charge in [0.15, 0.2) is 11.7 Å². The van der Waals surface area contributed by atoms with Gasteiger partial charge in [0.1, 0.15) is 5.75 Å². The lowest BCUT2D eigenvalue weighted by molar-refractivity contribution is -0.118. The predicted octanol–water partition coefficient (Wildman–Crippen LogP) is 3.41. The molecule has 116 valence electrons. The van der Waals surface area contributed by atoms with Gasteiger partial charge in [-0.1, -0.05) is 36.4 Å². The molecule has 5 nitrogen and oxygen atoms in total. The van der Waals surface area contributed by atoms with Crippen LogP contribution in [0.2, 0.25) is 0 Å². The van der Waals surface area contributed by atoms with Crippen molar-refractivity contribution in [3.8, 4) is 17.0 Å². The van der Waals surface area contributed by atoms with Gasteiger partial charge in [-0.3, -0.25) is 4.79 Å². The first kappa shape index (κ1) is 15.1. The number of ether oxygens (including phenoxy) is 1. The molecule has 3 N–H and O–H groups in total. The van der Waals surface area contributed by atoms with Gasteiger partial charge in [-0.25, -0.2) is 4.98 Å². The second kappa shape index (κ2) is 6.93. The Morgan fingerprint density at radius 1 is 1.13 bits per heavy atom. The molecule has 0 spiro atoms. The molecule has 0 aliphatic carbocycles. The van der Waals surface area contributed by atoms with Crippen LogP contribution in [0.5, 0.6) is 5.75 Å². The van der Waals surface area contributed by atoms with Gasteiger partial charge in [0.25, 0.3) is 5.91 Å². The van der Waals surface area contributed by atoms with Gasteiger partial charge < -0.3 is 15.8 Å². The van der Waals surface area contributed by atoms with Gasteiger partial charge in [0.05, 0.1) is 11.4 Å². The van der Waals surface area contributed by atoms with Crippen molar-refractivity contribution < 1.29 is 9.53 Å². The molecule has 0 bridgehead atoms. The zero-order valence-corrected chi connectivity index (χ0v) is 13.0. The number of hydrogen-bond donors (Lipinski definition) is 2. The van der Waals surface area contributed by atoms with Gasteiger partial charge in [-0.05, 0) is 18.2 Å². The van der Waals surface area contributed by atoms with E-state index in [-0.39, 0.29) is 12.5 Å². The zero-order valence-electron chi connectivity index (χ0n) is 12.2. The smallest absolute Gasteiger partial charge is 0.262 e. The van der Waals surface area contributed by atoms with Gasteiger partial charge in [-0.2, -0.15) is 0 Å². The van der Waals surface area contributed by atoms with E-state index in [1.807, 2.05) is 47.8 Å². The highest BCUT2D eigenvalue weighted by Gasteiger charge is 2.11. The first-order chi connectivity index (χ1) is 11.2. The highest BCUT2D eigenvalue weighted by atomic mass is 32.1. The summed E-state index contributed by atoms with van der Waals surface area (Å²) in [4.78, 5) is 16.4. The fourth-order valence-electron chi connectivity index (χ4n) is 2.08. The van der Waals surface area contributed by atoms with Crippen molar-refractivity contribution in [1.82, 2.24) is 4.98 Å². The average Bonchev–Trinajstić information content (AvgIpc) is 3.01. The van der Waals surface area contributed by atoms with E-state index in [4.69, 9.17) is 10.5 Å². The summed E-state index contributed by atoms with van der Waals surface area (Å²) in [5, 5.41) is 5.20. The summed E-state index contributed by atoms with van der Waals surface area (Å²) in [6.45, 7) is -0.0580. The molecular formula is C17H15N3O2S. The van der Waals surface area contributed by atoms with Crippen LogP contribution in [0.4, 0.5) is 10.8 Å². The molecule has 0 aliphatic rings. The number of carbonyl (C=O) groups excluding carboxylic acids is 1. The van der Waals surface area contributed by atoms with Crippen LogP contribution >= 0.6 is 11.3 Å². The maximum atomic E-state index is 12.1. The van der Waals surface area contributed by atoms with Crippen molar-refractivity contribution in [2.45, 2.75) is 0 Å².